The predicted octanol–water partition coefficient (Wildman–Crippen LogP) is 1.86. The molecule has 4 nitrogen and oxygen atoms in total. The fourth-order valence-corrected chi connectivity index (χ4v) is 2.48. The van der Waals surface area contributed by atoms with E-state index in [9.17, 15) is 4.79 Å². The molecule has 0 bridgehead atoms. The maximum atomic E-state index is 12.0. The van der Waals surface area contributed by atoms with Crippen molar-refractivity contribution in [1.29, 1.82) is 0 Å². The van der Waals surface area contributed by atoms with Gasteiger partial charge in [0.1, 0.15) is 5.75 Å². The molecule has 1 amide bonds. The maximum absolute atomic E-state index is 12.0. The van der Waals surface area contributed by atoms with Crippen molar-refractivity contribution in [3.05, 3.63) is 28.8 Å². The number of methoxy groups -OCH3 is 1. The zero-order valence-electron chi connectivity index (χ0n) is 11.9. The van der Waals surface area contributed by atoms with Gasteiger partial charge in [-0.05, 0) is 43.1 Å². The first-order chi connectivity index (χ1) is 9.61. The van der Waals surface area contributed by atoms with Gasteiger partial charge in [0.2, 0.25) is 5.91 Å². The first-order valence-electron chi connectivity index (χ1n) is 6.92. The second-order valence-corrected chi connectivity index (χ2v) is 5.61. The Balaban J connectivity index is 1.79. The van der Waals surface area contributed by atoms with Gasteiger partial charge in [0.15, 0.2) is 0 Å². The molecule has 0 aromatic heterocycles. The Morgan fingerprint density at radius 3 is 2.85 bits per heavy atom. The summed E-state index contributed by atoms with van der Waals surface area (Å²) in [6.07, 6.45) is 0.726. The van der Waals surface area contributed by atoms with Crippen LogP contribution >= 0.6 is 11.6 Å². The van der Waals surface area contributed by atoms with Crippen LogP contribution in [-0.4, -0.2) is 32.7 Å². The van der Waals surface area contributed by atoms with Crippen LogP contribution in [0, 0.1) is 11.8 Å². The van der Waals surface area contributed by atoms with Gasteiger partial charge in [-0.1, -0.05) is 24.6 Å². The van der Waals surface area contributed by atoms with Crippen LogP contribution in [0.1, 0.15) is 12.5 Å². The van der Waals surface area contributed by atoms with Crippen LogP contribution in [0.15, 0.2) is 18.2 Å². The van der Waals surface area contributed by atoms with Gasteiger partial charge in [0.05, 0.1) is 7.11 Å². The Morgan fingerprint density at radius 1 is 1.55 bits per heavy atom. The van der Waals surface area contributed by atoms with E-state index < -0.39 is 0 Å². The van der Waals surface area contributed by atoms with E-state index in [-0.39, 0.29) is 11.8 Å². The average Bonchev–Trinajstić information content (AvgIpc) is 2.38. The second kappa shape index (κ2) is 6.95. The van der Waals surface area contributed by atoms with Crippen molar-refractivity contribution in [3.8, 4) is 5.75 Å². The van der Waals surface area contributed by atoms with Crippen LogP contribution < -0.4 is 15.4 Å². The quantitative estimate of drug-likeness (QED) is 0.842. The Labute approximate surface area is 124 Å². The van der Waals surface area contributed by atoms with Gasteiger partial charge in [0.25, 0.3) is 0 Å². The van der Waals surface area contributed by atoms with E-state index in [1.807, 2.05) is 19.1 Å². The van der Waals surface area contributed by atoms with Gasteiger partial charge in [-0.25, -0.2) is 0 Å². The Hall–Kier alpha value is -1.26. The second-order valence-electron chi connectivity index (χ2n) is 5.21. The van der Waals surface area contributed by atoms with E-state index in [0.717, 1.165) is 30.8 Å². The van der Waals surface area contributed by atoms with E-state index in [1.165, 1.54) is 0 Å². The summed E-state index contributed by atoms with van der Waals surface area (Å²) in [6.45, 7) is 4.48. The maximum Gasteiger partial charge on any atom is 0.223 e. The molecule has 1 aliphatic heterocycles. The minimum Gasteiger partial charge on any atom is -0.497 e. The molecule has 1 aromatic carbocycles. The number of ether oxygens (including phenoxy) is 1. The SMILES string of the molecule is COc1ccc(CCNC(=O)C(C)C2CNC2)c(Cl)c1. The topological polar surface area (TPSA) is 50.4 Å². The monoisotopic (exact) mass is 296 g/mol. The molecule has 1 heterocycles. The molecule has 1 aliphatic rings. The molecule has 2 rings (SSSR count). The fourth-order valence-electron chi connectivity index (χ4n) is 2.22. The zero-order valence-corrected chi connectivity index (χ0v) is 12.7. The van der Waals surface area contributed by atoms with Crippen molar-refractivity contribution in [1.82, 2.24) is 10.6 Å². The normalized spacial score (nSPS) is 16.4. The summed E-state index contributed by atoms with van der Waals surface area (Å²) in [4.78, 5) is 12.0. The molecule has 0 aliphatic carbocycles. The Bertz CT molecular complexity index is 475. The van der Waals surface area contributed by atoms with E-state index in [4.69, 9.17) is 16.3 Å². The number of benzene rings is 1. The lowest BCUT2D eigenvalue weighted by molar-refractivity contribution is -0.126. The average molecular weight is 297 g/mol. The first-order valence-corrected chi connectivity index (χ1v) is 7.30. The van der Waals surface area contributed by atoms with Crippen molar-refractivity contribution in [2.75, 3.05) is 26.7 Å². The van der Waals surface area contributed by atoms with Crippen LogP contribution in [0.2, 0.25) is 5.02 Å². The smallest absolute Gasteiger partial charge is 0.223 e. The van der Waals surface area contributed by atoms with Crippen molar-refractivity contribution in [2.45, 2.75) is 13.3 Å². The molecule has 0 radical (unpaired) electrons. The minimum absolute atomic E-state index is 0.0718. The molecular weight excluding hydrogens is 276 g/mol. The number of amides is 1. The van der Waals surface area contributed by atoms with Crippen LogP contribution in [0.5, 0.6) is 5.75 Å². The molecule has 1 saturated heterocycles. The van der Waals surface area contributed by atoms with Crippen molar-refractivity contribution in [3.63, 3.8) is 0 Å². The number of rotatable bonds is 6. The minimum atomic E-state index is 0.0718. The molecular formula is C15H21ClN2O2. The summed E-state index contributed by atoms with van der Waals surface area (Å²) in [5, 5.41) is 6.84. The van der Waals surface area contributed by atoms with Crippen molar-refractivity contribution >= 4 is 17.5 Å². The number of hydrogen-bond donors (Lipinski definition) is 2. The van der Waals surface area contributed by atoms with Crippen molar-refractivity contribution < 1.29 is 9.53 Å². The van der Waals surface area contributed by atoms with E-state index in [2.05, 4.69) is 10.6 Å². The molecule has 1 fully saturated rings. The summed E-state index contributed by atoms with van der Waals surface area (Å²) in [6, 6.07) is 5.61. The molecule has 5 heteroatoms. The van der Waals surface area contributed by atoms with Crippen LogP contribution in [0.25, 0.3) is 0 Å². The Morgan fingerprint density at radius 2 is 2.30 bits per heavy atom. The third kappa shape index (κ3) is 3.64. The highest BCUT2D eigenvalue weighted by Crippen LogP contribution is 2.22. The molecule has 110 valence electrons. The van der Waals surface area contributed by atoms with Gasteiger partial charge in [-0.15, -0.1) is 0 Å². The van der Waals surface area contributed by atoms with E-state index in [1.54, 1.807) is 13.2 Å². The highest BCUT2D eigenvalue weighted by Gasteiger charge is 2.28. The zero-order chi connectivity index (χ0) is 14.5. The molecule has 1 unspecified atom stereocenters. The molecule has 0 spiro atoms. The van der Waals surface area contributed by atoms with E-state index in [0.29, 0.717) is 17.5 Å². The molecule has 20 heavy (non-hydrogen) atoms. The standard InChI is InChI=1S/C15H21ClN2O2/c1-10(12-8-17-9-12)15(19)18-6-5-11-3-4-13(20-2)7-14(11)16/h3-4,7,10,12,17H,5-6,8-9H2,1-2H3,(H,18,19). The number of carbonyl (C=O) groups is 1. The third-order valence-corrected chi connectivity index (χ3v) is 4.24. The lowest BCUT2D eigenvalue weighted by Gasteiger charge is -2.31. The highest BCUT2D eigenvalue weighted by molar-refractivity contribution is 6.31. The predicted molar refractivity (Wildman–Crippen MR) is 80.2 cm³/mol. The summed E-state index contributed by atoms with van der Waals surface area (Å²) in [5.41, 5.74) is 1.02. The Kier molecular flexibility index (Phi) is 5.26. The third-order valence-electron chi connectivity index (χ3n) is 3.89. The number of halogens is 1. The summed E-state index contributed by atoms with van der Waals surface area (Å²) >= 11 is 6.17. The molecule has 0 saturated carbocycles. The lowest BCUT2D eigenvalue weighted by atomic mass is 9.88. The van der Waals surface area contributed by atoms with Gasteiger partial charge in [0, 0.05) is 17.5 Å². The molecule has 1 aromatic rings. The summed E-state index contributed by atoms with van der Waals surface area (Å²) in [5.74, 6) is 1.41. The first kappa shape index (κ1) is 15.1. The molecule has 2 N–H and O–H groups in total. The number of hydrogen-bond acceptors (Lipinski definition) is 3. The lowest BCUT2D eigenvalue weighted by Crippen LogP contribution is -2.49. The molecule has 1 atom stereocenters. The van der Waals surface area contributed by atoms with Gasteiger partial charge >= 0.3 is 0 Å². The van der Waals surface area contributed by atoms with Crippen LogP contribution in [0.3, 0.4) is 0 Å². The summed E-state index contributed by atoms with van der Waals surface area (Å²) < 4.78 is 5.11. The van der Waals surface area contributed by atoms with Gasteiger partial charge in [-0.3, -0.25) is 4.79 Å². The summed E-state index contributed by atoms with van der Waals surface area (Å²) in [7, 11) is 1.61. The van der Waals surface area contributed by atoms with Gasteiger partial charge < -0.3 is 15.4 Å². The highest BCUT2D eigenvalue weighted by atomic mass is 35.5. The number of nitrogens with one attached hydrogen (secondary N) is 2. The van der Waals surface area contributed by atoms with E-state index >= 15 is 0 Å². The van der Waals surface area contributed by atoms with Crippen LogP contribution in [0.4, 0.5) is 0 Å². The van der Waals surface area contributed by atoms with Crippen molar-refractivity contribution in [2.24, 2.45) is 11.8 Å². The van der Waals surface area contributed by atoms with Gasteiger partial charge in [-0.2, -0.15) is 0 Å². The fraction of sp³-hybridized carbons (Fsp3) is 0.533. The van der Waals surface area contributed by atoms with Crippen LogP contribution in [-0.2, 0) is 11.2 Å². The largest absolute Gasteiger partial charge is 0.497 e. The number of carbonyl (C=O) groups excluding carboxylic acids is 1.